The Balaban J connectivity index is 1.76. The topological polar surface area (TPSA) is 83.6 Å². The molecule has 136 valence electrons. The normalized spacial score (nSPS) is 12.9. The number of hydrogen-bond donors (Lipinski definition) is 2. The van der Waals surface area contributed by atoms with Crippen LogP contribution in [0.1, 0.15) is 18.9 Å². The third-order valence-corrected chi connectivity index (χ3v) is 4.93. The minimum absolute atomic E-state index is 0.0956. The van der Waals surface area contributed by atoms with Crippen LogP contribution >= 0.6 is 11.8 Å². The van der Waals surface area contributed by atoms with E-state index in [2.05, 4.69) is 25.3 Å². The number of aromatic nitrogens is 4. The molecule has 0 saturated carbocycles. The van der Waals surface area contributed by atoms with Crippen LogP contribution in [0.25, 0.3) is 11.2 Å². The Labute approximate surface area is 150 Å². The Morgan fingerprint density at radius 3 is 2.85 bits per heavy atom. The zero-order chi connectivity index (χ0) is 18.7. The molecule has 0 radical (unpaired) electrons. The Hall–Kier alpha value is -2.62. The molecule has 1 atom stereocenters. The van der Waals surface area contributed by atoms with Gasteiger partial charge in [0.05, 0.1) is 17.1 Å². The molecule has 0 aliphatic carbocycles. The maximum Gasteiger partial charge on any atom is 0.416 e. The summed E-state index contributed by atoms with van der Waals surface area (Å²) in [6.45, 7) is 1.81. The van der Waals surface area contributed by atoms with Crippen LogP contribution in [-0.2, 0) is 11.0 Å². The average Bonchev–Trinajstić information content (AvgIpc) is 3.08. The number of imidazole rings is 1. The van der Waals surface area contributed by atoms with E-state index in [1.54, 1.807) is 0 Å². The molecular formula is C16H14F3N5OS. The van der Waals surface area contributed by atoms with E-state index in [0.717, 1.165) is 12.1 Å². The lowest BCUT2D eigenvalue weighted by atomic mass is 10.2. The van der Waals surface area contributed by atoms with Crippen molar-refractivity contribution in [1.82, 2.24) is 19.9 Å². The maximum absolute atomic E-state index is 12.8. The molecule has 3 aromatic rings. The van der Waals surface area contributed by atoms with Crippen molar-refractivity contribution in [1.29, 1.82) is 0 Å². The van der Waals surface area contributed by atoms with E-state index >= 15 is 0 Å². The van der Waals surface area contributed by atoms with Gasteiger partial charge in [-0.05, 0) is 24.6 Å². The number of fused-ring (bicyclic) bond motifs is 1. The molecule has 6 nitrogen and oxygen atoms in total. The summed E-state index contributed by atoms with van der Waals surface area (Å²) in [7, 11) is 0. The number of carbonyl (C=O) groups excluding carboxylic acids is 1. The number of carbonyl (C=O) groups is 1. The van der Waals surface area contributed by atoms with Gasteiger partial charge in [0.15, 0.2) is 5.65 Å². The minimum Gasteiger partial charge on any atom is -0.341 e. The van der Waals surface area contributed by atoms with E-state index in [4.69, 9.17) is 0 Å². The van der Waals surface area contributed by atoms with Crippen LogP contribution in [0, 0.1) is 0 Å². The third kappa shape index (κ3) is 3.96. The maximum atomic E-state index is 12.8. The number of halogens is 3. The zero-order valence-electron chi connectivity index (χ0n) is 13.5. The summed E-state index contributed by atoms with van der Waals surface area (Å²) >= 11 is 1.20. The molecule has 0 bridgehead atoms. The summed E-state index contributed by atoms with van der Waals surface area (Å²) in [6.07, 6.45) is -1.17. The fraction of sp³-hybridized carbons (Fsp3) is 0.250. The van der Waals surface area contributed by atoms with E-state index in [1.165, 1.54) is 36.5 Å². The first kappa shape index (κ1) is 18.2. The SMILES string of the molecule is CCC(Sc1ncnc2nc[nH]c12)C(=O)Nc1cccc(C(F)(F)F)c1. The molecule has 0 aliphatic heterocycles. The van der Waals surface area contributed by atoms with Gasteiger partial charge in [-0.3, -0.25) is 4.79 Å². The van der Waals surface area contributed by atoms with Gasteiger partial charge in [-0.1, -0.05) is 24.8 Å². The van der Waals surface area contributed by atoms with Crippen LogP contribution < -0.4 is 5.32 Å². The van der Waals surface area contributed by atoms with Gasteiger partial charge in [-0.25, -0.2) is 15.0 Å². The molecule has 3 rings (SSSR count). The molecule has 10 heteroatoms. The highest BCUT2D eigenvalue weighted by Gasteiger charge is 2.30. The van der Waals surface area contributed by atoms with Crippen molar-refractivity contribution in [2.75, 3.05) is 5.32 Å². The van der Waals surface area contributed by atoms with Gasteiger partial charge in [-0.15, -0.1) is 0 Å². The monoisotopic (exact) mass is 381 g/mol. The molecule has 26 heavy (non-hydrogen) atoms. The second-order valence-corrected chi connectivity index (χ2v) is 6.55. The van der Waals surface area contributed by atoms with Gasteiger partial charge in [0, 0.05) is 5.69 Å². The molecule has 2 heterocycles. The minimum atomic E-state index is -4.47. The van der Waals surface area contributed by atoms with E-state index in [1.807, 2.05) is 6.92 Å². The van der Waals surface area contributed by atoms with E-state index in [9.17, 15) is 18.0 Å². The van der Waals surface area contributed by atoms with Gasteiger partial charge in [0.25, 0.3) is 0 Å². The Morgan fingerprint density at radius 2 is 2.12 bits per heavy atom. The van der Waals surface area contributed by atoms with Gasteiger partial charge in [-0.2, -0.15) is 13.2 Å². The molecule has 1 amide bonds. The molecule has 1 aromatic carbocycles. The Kier molecular flexibility index (Phi) is 5.12. The fourth-order valence-corrected chi connectivity index (χ4v) is 3.26. The van der Waals surface area contributed by atoms with Crippen molar-refractivity contribution in [3.8, 4) is 0 Å². The number of nitrogens with one attached hydrogen (secondary N) is 2. The van der Waals surface area contributed by atoms with Gasteiger partial charge in [0.1, 0.15) is 16.9 Å². The first-order valence-corrected chi connectivity index (χ1v) is 8.55. The van der Waals surface area contributed by atoms with E-state index < -0.39 is 22.9 Å². The number of amides is 1. The first-order chi connectivity index (χ1) is 12.4. The molecule has 0 fully saturated rings. The van der Waals surface area contributed by atoms with Gasteiger partial charge in [0.2, 0.25) is 5.91 Å². The summed E-state index contributed by atoms with van der Waals surface area (Å²) in [5.41, 5.74) is 0.377. The molecular weight excluding hydrogens is 367 g/mol. The predicted octanol–water partition coefficient (Wildman–Crippen LogP) is 3.88. The van der Waals surface area contributed by atoms with Crippen LogP contribution in [0.15, 0.2) is 41.9 Å². The van der Waals surface area contributed by atoms with E-state index in [-0.39, 0.29) is 5.69 Å². The highest BCUT2D eigenvalue weighted by atomic mass is 32.2. The highest BCUT2D eigenvalue weighted by Crippen LogP contribution is 2.32. The lowest BCUT2D eigenvalue weighted by Crippen LogP contribution is -2.25. The lowest BCUT2D eigenvalue weighted by Gasteiger charge is -2.15. The second-order valence-electron chi connectivity index (χ2n) is 5.36. The number of thioether (sulfide) groups is 1. The van der Waals surface area contributed by atoms with Crippen molar-refractivity contribution in [2.45, 2.75) is 29.8 Å². The summed E-state index contributed by atoms with van der Waals surface area (Å²) in [5.74, 6) is -0.400. The number of H-pyrrole nitrogens is 1. The number of alkyl halides is 3. The molecule has 2 aromatic heterocycles. The van der Waals surface area contributed by atoms with Crippen molar-refractivity contribution >= 4 is 34.5 Å². The summed E-state index contributed by atoms with van der Waals surface area (Å²) in [5, 5.41) is 2.56. The molecule has 1 unspecified atom stereocenters. The van der Waals surface area contributed by atoms with Crippen LogP contribution in [0.5, 0.6) is 0 Å². The smallest absolute Gasteiger partial charge is 0.341 e. The van der Waals surface area contributed by atoms with Crippen molar-refractivity contribution in [2.24, 2.45) is 0 Å². The van der Waals surface area contributed by atoms with Crippen molar-refractivity contribution < 1.29 is 18.0 Å². The van der Waals surface area contributed by atoms with E-state index in [0.29, 0.717) is 22.6 Å². The predicted molar refractivity (Wildman–Crippen MR) is 91.7 cm³/mol. The Bertz CT molecular complexity index is 927. The van der Waals surface area contributed by atoms with Crippen LogP contribution in [0.4, 0.5) is 18.9 Å². The fourth-order valence-electron chi connectivity index (χ4n) is 2.29. The zero-order valence-corrected chi connectivity index (χ0v) is 14.4. The van der Waals surface area contributed by atoms with Crippen LogP contribution in [0.2, 0.25) is 0 Å². The summed E-state index contributed by atoms with van der Waals surface area (Å²) in [4.78, 5) is 27.6. The summed E-state index contributed by atoms with van der Waals surface area (Å²) in [6, 6.07) is 4.54. The number of benzene rings is 1. The second kappa shape index (κ2) is 7.32. The van der Waals surface area contributed by atoms with Crippen molar-refractivity contribution in [3.05, 3.63) is 42.5 Å². The number of anilines is 1. The molecule has 0 spiro atoms. The lowest BCUT2D eigenvalue weighted by molar-refractivity contribution is -0.137. The quantitative estimate of drug-likeness (QED) is 0.518. The molecule has 2 N–H and O–H groups in total. The van der Waals surface area contributed by atoms with Gasteiger partial charge < -0.3 is 10.3 Å². The Morgan fingerprint density at radius 1 is 1.31 bits per heavy atom. The number of rotatable bonds is 5. The largest absolute Gasteiger partial charge is 0.416 e. The number of nitrogens with zero attached hydrogens (tertiary/aromatic N) is 3. The number of hydrogen-bond acceptors (Lipinski definition) is 5. The van der Waals surface area contributed by atoms with Crippen LogP contribution in [0.3, 0.4) is 0 Å². The number of aromatic amines is 1. The average molecular weight is 381 g/mol. The molecule has 0 saturated heterocycles. The molecule has 0 aliphatic rings. The standard InChI is InChI=1S/C16H14F3N5OS/c1-2-11(26-15-12-13(21-7-20-12)22-8-23-15)14(25)24-10-5-3-4-9(6-10)16(17,18)19/h3-8,11H,2H2,1H3,(H,24,25)(H,20,21,22,23). The van der Waals surface area contributed by atoms with Crippen molar-refractivity contribution in [3.63, 3.8) is 0 Å². The summed E-state index contributed by atoms with van der Waals surface area (Å²) < 4.78 is 38.4. The van der Waals surface area contributed by atoms with Gasteiger partial charge >= 0.3 is 6.18 Å². The first-order valence-electron chi connectivity index (χ1n) is 7.67. The van der Waals surface area contributed by atoms with Crippen LogP contribution in [-0.4, -0.2) is 31.1 Å². The third-order valence-electron chi connectivity index (χ3n) is 3.56. The highest BCUT2D eigenvalue weighted by molar-refractivity contribution is 8.00.